The van der Waals surface area contributed by atoms with E-state index in [4.69, 9.17) is 21.3 Å². The fourth-order valence-corrected chi connectivity index (χ4v) is 5.93. The van der Waals surface area contributed by atoms with Gasteiger partial charge in [-0.1, -0.05) is 42.4 Å². The molecule has 1 unspecified atom stereocenters. The second-order valence-electron chi connectivity index (χ2n) is 10.4. The topological polar surface area (TPSA) is 86.2 Å². The van der Waals surface area contributed by atoms with Gasteiger partial charge in [-0.25, -0.2) is 13.8 Å². The van der Waals surface area contributed by atoms with Crippen molar-refractivity contribution in [3.63, 3.8) is 0 Å². The highest BCUT2D eigenvalue weighted by atomic mass is 35.5. The predicted octanol–water partition coefficient (Wildman–Crippen LogP) is 3.92. The highest BCUT2D eigenvalue weighted by Gasteiger charge is 2.45. The highest BCUT2D eigenvalue weighted by molar-refractivity contribution is 6.35. The van der Waals surface area contributed by atoms with Crippen LogP contribution >= 0.6 is 11.6 Å². The van der Waals surface area contributed by atoms with Crippen molar-refractivity contribution in [2.45, 2.75) is 44.4 Å². The van der Waals surface area contributed by atoms with E-state index in [-0.39, 0.29) is 77.0 Å². The van der Waals surface area contributed by atoms with Crippen LogP contribution < -0.4 is 9.64 Å². The number of nitrogens with zero attached hydrogens (tertiary/aromatic N) is 4. The van der Waals surface area contributed by atoms with E-state index in [1.165, 1.54) is 24.3 Å². The van der Waals surface area contributed by atoms with Crippen LogP contribution in [0.2, 0.25) is 5.02 Å². The number of rotatable bonds is 4. The van der Waals surface area contributed by atoms with Crippen molar-refractivity contribution < 1.29 is 28.2 Å². The Morgan fingerprint density at radius 1 is 1.29 bits per heavy atom. The minimum Gasteiger partial charge on any atom is -0.489 e. The van der Waals surface area contributed by atoms with Crippen molar-refractivity contribution in [2.24, 2.45) is 0 Å². The van der Waals surface area contributed by atoms with Gasteiger partial charge in [0.25, 0.3) is 12.3 Å². The summed E-state index contributed by atoms with van der Waals surface area (Å²) in [5.41, 5.74) is -0.500. The number of amides is 2. The fraction of sp³-hybridized carbons (Fsp3) is 0.444. The van der Waals surface area contributed by atoms with E-state index < -0.39 is 24.1 Å². The number of pyridine rings is 1. The van der Waals surface area contributed by atoms with Gasteiger partial charge in [0.05, 0.1) is 17.8 Å². The third kappa shape index (κ3) is 4.39. The maximum absolute atomic E-state index is 14.1. The summed E-state index contributed by atoms with van der Waals surface area (Å²) in [5.74, 6) is -0.323. The first-order valence-electron chi connectivity index (χ1n) is 12.4. The Bertz CT molecular complexity index is 1300. The molecule has 1 aromatic heterocycles. The van der Waals surface area contributed by atoms with Gasteiger partial charge in [0.1, 0.15) is 23.0 Å². The maximum Gasteiger partial charge on any atom is 0.264 e. The van der Waals surface area contributed by atoms with Crippen LogP contribution in [0.3, 0.4) is 0 Å². The van der Waals surface area contributed by atoms with Gasteiger partial charge in [-0.05, 0) is 26.3 Å². The van der Waals surface area contributed by atoms with Crippen LogP contribution in [0.4, 0.5) is 14.6 Å². The van der Waals surface area contributed by atoms with Crippen LogP contribution in [-0.4, -0.2) is 82.2 Å². The lowest BCUT2D eigenvalue weighted by Gasteiger charge is -2.40. The second kappa shape index (κ2) is 9.81. The molecule has 1 N–H and O–H groups in total. The summed E-state index contributed by atoms with van der Waals surface area (Å²) in [4.78, 5) is 36.1. The first-order valence-corrected chi connectivity index (χ1v) is 12.8. The van der Waals surface area contributed by atoms with E-state index in [0.29, 0.717) is 13.0 Å². The number of benzene rings is 1. The number of halogens is 3. The zero-order valence-corrected chi connectivity index (χ0v) is 21.9. The molecule has 3 aliphatic heterocycles. The van der Waals surface area contributed by atoms with Gasteiger partial charge < -0.3 is 24.5 Å². The summed E-state index contributed by atoms with van der Waals surface area (Å²) in [6.45, 7) is 8.47. The molecule has 1 aromatic carbocycles. The number of aromatic nitrogens is 1. The molecular weight excluding hydrogens is 518 g/mol. The summed E-state index contributed by atoms with van der Waals surface area (Å²) in [6, 6.07) is 5.49. The number of β-amino-alcohol motifs (C(OH)–C–C–N with tert-alkyl or cyclic N) is 1. The smallest absolute Gasteiger partial charge is 0.264 e. The number of alkyl halides is 2. The number of hydrogen-bond donors (Lipinski definition) is 1. The minimum atomic E-state index is -2.78. The number of hydrogen-bond acceptors (Lipinski definition) is 6. The Hall–Kier alpha value is -3.24. The molecule has 2 atom stereocenters. The number of ether oxygens (including phenoxy) is 1. The zero-order valence-electron chi connectivity index (χ0n) is 21.2. The van der Waals surface area contributed by atoms with Crippen molar-refractivity contribution in [3.8, 4) is 17.0 Å². The Balaban J connectivity index is 1.69. The highest BCUT2D eigenvalue weighted by Crippen LogP contribution is 2.47. The number of piperazine rings is 1. The molecule has 3 aliphatic rings. The van der Waals surface area contributed by atoms with E-state index in [2.05, 4.69) is 6.58 Å². The lowest BCUT2D eigenvalue weighted by Crippen LogP contribution is -2.57. The molecule has 0 spiro atoms. The summed E-state index contributed by atoms with van der Waals surface area (Å²) in [7, 11) is 0. The Labute approximate surface area is 224 Å². The quantitative estimate of drug-likeness (QED) is 0.585. The number of carbonyl (C=O) groups is 2. The van der Waals surface area contributed by atoms with Gasteiger partial charge >= 0.3 is 0 Å². The number of aliphatic hydroxyl groups excluding tert-OH is 1. The van der Waals surface area contributed by atoms with Gasteiger partial charge in [0, 0.05) is 42.8 Å². The normalized spacial score (nSPS) is 22.6. The summed E-state index contributed by atoms with van der Waals surface area (Å²) >= 11 is 6.80. The molecule has 0 saturated carbocycles. The number of aliphatic hydroxyl groups is 1. The molecule has 8 nitrogen and oxygen atoms in total. The Kier molecular flexibility index (Phi) is 6.81. The molecule has 2 aromatic rings. The predicted molar refractivity (Wildman–Crippen MR) is 139 cm³/mol. The molecule has 4 heterocycles. The lowest BCUT2D eigenvalue weighted by molar-refractivity contribution is -0.128. The van der Waals surface area contributed by atoms with Gasteiger partial charge in [0.2, 0.25) is 5.91 Å². The fourth-order valence-electron chi connectivity index (χ4n) is 5.63. The van der Waals surface area contributed by atoms with Gasteiger partial charge in [-0.15, -0.1) is 0 Å². The molecule has 0 radical (unpaired) electrons. The molecular formula is C27H29ClF2N4O4. The third-order valence-electron chi connectivity index (χ3n) is 7.51. The molecule has 2 saturated heterocycles. The molecule has 5 rings (SSSR count). The van der Waals surface area contributed by atoms with Crippen LogP contribution in [-0.2, 0) is 4.79 Å². The summed E-state index contributed by atoms with van der Waals surface area (Å²) in [5, 5.41) is 10.5. The van der Waals surface area contributed by atoms with Crippen molar-refractivity contribution in [1.29, 1.82) is 0 Å². The van der Waals surface area contributed by atoms with Crippen LogP contribution in [0, 0.1) is 0 Å². The average molecular weight is 547 g/mol. The number of fused-ring (bicyclic) bond motifs is 2. The largest absolute Gasteiger partial charge is 0.489 e. The molecule has 2 fully saturated rings. The van der Waals surface area contributed by atoms with Crippen LogP contribution in [0.15, 0.2) is 36.9 Å². The molecule has 38 heavy (non-hydrogen) atoms. The standard InChI is InChI=1S/C27H29ClF2N4O4/c1-4-19(36)32-9-10-33-15(12-32)14-38-23-20(26(33)37)25(34-13-16(35)11-27(34,2)3)31-22(21(23)28)17-7-5-6-8-18(17)24(29)30/h4-8,15-16,24,35H,1,9-14H2,2-3H3/t15-,16?/m1/s1. The molecule has 11 heteroatoms. The van der Waals surface area contributed by atoms with Gasteiger partial charge in [-0.2, -0.15) is 0 Å². The van der Waals surface area contributed by atoms with E-state index in [9.17, 15) is 23.5 Å². The van der Waals surface area contributed by atoms with Crippen LogP contribution in [0.5, 0.6) is 5.75 Å². The monoisotopic (exact) mass is 546 g/mol. The average Bonchev–Trinajstić information content (AvgIpc) is 3.08. The van der Waals surface area contributed by atoms with Crippen LogP contribution in [0.25, 0.3) is 11.3 Å². The SMILES string of the molecule is C=CC(=O)N1CCN2C(=O)c3c(N4CC(O)CC4(C)C)nc(-c4ccccc4C(F)F)c(Cl)c3OC[C@H]2C1. The van der Waals surface area contributed by atoms with E-state index in [0.717, 1.165) is 0 Å². The lowest BCUT2D eigenvalue weighted by atomic mass is 9.99. The van der Waals surface area contributed by atoms with E-state index in [1.807, 2.05) is 18.7 Å². The van der Waals surface area contributed by atoms with Gasteiger partial charge in [0.15, 0.2) is 5.75 Å². The number of carbonyl (C=O) groups excluding carboxylic acids is 2. The Morgan fingerprint density at radius 2 is 2.03 bits per heavy atom. The number of anilines is 1. The van der Waals surface area contributed by atoms with Crippen molar-refractivity contribution >= 4 is 29.2 Å². The van der Waals surface area contributed by atoms with Crippen molar-refractivity contribution in [3.05, 3.63) is 53.1 Å². The minimum absolute atomic E-state index is 0.0402. The third-order valence-corrected chi connectivity index (χ3v) is 7.86. The molecule has 202 valence electrons. The maximum atomic E-state index is 14.1. The van der Waals surface area contributed by atoms with Crippen LogP contribution in [0.1, 0.15) is 42.6 Å². The molecule has 0 bridgehead atoms. The van der Waals surface area contributed by atoms with Gasteiger partial charge in [-0.3, -0.25) is 9.59 Å². The zero-order chi connectivity index (χ0) is 27.4. The molecule has 0 aliphatic carbocycles. The van der Waals surface area contributed by atoms with E-state index >= 15 is 0 Å². The summed E-state index contributed by atoms with van der Waals surface area (Å²) < 4.78 is 34.1. The first-order chi connectivity index (χ1) is 18.0. The van der Waals surface area contributed by atoms with E-state index in [1.54, 1.807) is 15.9 Å². The van der Waals surface area contributed by atoms with Crippen molar-refractivity contribution in [1.82, 2.24) is 14.8 Å². The van der Waals surface area contributed by atoms with Crippen molar-refractivity contribution in [2.75, 3.05) is 37.7 Å². The molecule has 2 amide bonds. The summed E-state index contributed by atoms with van der Waals surface area (Å²) in [6.07, 6.45) is -1.79. The Morgan fingerprint density at radius 3 is 2.68 bits per heavy atom. The first kappa shape index (κ1) is 26.4. The second-order valence-corrected chi connectivity index (χ2v) is 10.8.